The van der Waals surface area contributed by atoms with Crippen molar-refractivity contribution in [3.8, 4) is 17.2 Å². The van der Waals surface area contributed by atoms with Crippen LogP contribution < -0.4 is 14.4 Å². The van der Waals surface area contributed by atoms with Crippen LogP contribution in [0.4, 0.5) is 5.69 Å². The van der Waals surface area contributed by atoms with E-state index >= 15 is 0 Å². The van der Waals surface area contributed by atoms with E-state index in [1.807, 2.05) is 24.3 Å². The number of hydrogen-bond acceptors (Lipinski definition) is 5. The molecule has 134 valence electrons. The minimum atomic E-state index is 0.0669. The molecule has 0 aliphatic carbocycles. The summed E-state index contributed by atoms with van der Waals surface area (Å²) in [6.07, 6.45) is 0. The van der Waals surface area contributed by atoms with Crippen LogP contribution in [0.3, 0.4) is 0 Å². The molecule has 0 spiro atoms. The maximum atomic E-state index is 9.79. The molecule has 0 atom stereocenters. The number of benzene rings is 2. The first-order valence-electron chi connectivity index (χ1n) is 8.28. The Bertz CT molecular complexity index is 731. The van der Waals surface area contributed by atoms with E-state index in [4.69, 9.17) is 21.1 Å². The lowest BCUT2D eigenvalue weighted by atomic mass is 10.1. The molecule has 0 saturated carbocycles. The molecule has 6 heteroatoms. The van der Waals surface area contributed by atoms with Gasteiger partial charge in [0.1, 0.15) is 5.75 Å². The van der Waals surface area contributed by atoms with Gasteiger partial charge in [-0.3, -0.25) is 4.90 Å². The minimum Gasteiger partial charge on any atom is -0.504 e. The van der Waals surface area contributed by atoms with Gasteiger partial charge < -0.3 is 19.5 Å². The van der Waals surface area contributed by atoms with Gasteiger partial charge in [-0.05, 0) is 23.8 Å². The number of nitrogens with zero attached hydrogens (tertiary/aromatic N) is 2. The quantitative estimate of drug-likeness (QED) is 0.883. The molecule has 1 aliphatic heterocycles. The van der Waals surface area contributed by atoms with E-state index in [0.717, 1.165) is 49.7 Å². The molecule has 0 amide bonds. The van der Waals surface area contributed by atoms with Crippen LogP contribution in [-0.2, 0) is 6.54 Å². The van der Waals surface area contributed by atoms with Crippen LogP contribution in [0.2, 0.25) is 5.02 Å². The zero-order valence-electron chi connectivity index (χ0n) is 14.5. The second-order valence-electron chi connectivity index (χ2n) is 6.05. The molecule has 3 rings (SSSR count). The Morgan fingerprint density at radius 2 is 1.68 bits per heavy atom. The third-order valence-corrected chi connectivity index (χ3v) is 4.89. The summed E-state index contributed by atoms with van der Waals surface area (Å²) in [5.74, 6) is 1.42. The van der Waals surface area contributed by atoms with Gasteiger partial charge in [0, 0.05) is 43.8 Å². The summed E-state index contributed by atoms with van der Waals surface area (Å²) in [6, 6.07) is 11.5. The zero-order chi connectivity index (χ0) is 17.8. The Morgan fingerprint density at radius 1 is 1.00 bits per heavy atom. The number of ether oxygens (including phenoxy) is 2. The van der Waals surface area contributed by atoms with E-state index in [1.54, 1.807) is 20.3 Å². The minimum absolute atomic E-state index is 0.0669. The summed E-state index contributed by atoms with van der Waals surface area (Å²) in [5, 5.41) is 10.4. The lowest BCUT2D eigenvalue weighted by Crippen LogP contribution is -2.46. The fraction of sp³-hybridized carbons (Fsp3) is 0.368. The summed E-state index contributed by atoms with van der Waals surface area (Å²) in [4.78, 5) is 4.69. The molecule has 5 nitrogen and oxygen atoms in total. The average Bonchev–Trinajstić information content (AvgIpc) is 2.64. The van der Waals surface area contributed by atoms with Crippen molar-refractivity contribution in [2.45, 2.75) is 6.54 Å². The van der Waals surface area contributed by atoms with Crippen LogP contribution >= 0.6 is 11.6 Å². The third kappa shape index (κ3) is 3.94. The predicted octanol–water partition coefficient (Wildman–Crippen LogP) is 3.39. The molecule has 2 aromatic rings. The van der Waals surface area contributed by atoms with Crippen molar-refractivity contribution in [2.75, 3.05) is 45.3 Å². The van der Waals surface area contributed by atoms with Crippen LogP contribution in [0.1, 0.15) is 5.56 Å². The molecule has 1 fully saturated rings. The van der Waals surface area contributed by atoms with Gasteiger partial charge in [-0.2, -0.15) is 0 Å². The highest BCUT2D eigenvalue weighted by Gasteiger charge is 2.20. The number of para-hydroxylation sites is 2. The van der Waals surface area contributed by atoms with E-state index in [0.29, 0.717) is 10.8 Å². The van der Waals surface area contributed by atoms with Gasteiger partial charge in [-0.1, -0.05) is 23.7 Å². The second kappa shape index (κ2) is 7.85. The van der Waals surface area contributed by atoms with Crippen molar-refractivity contribution in [1.29, 1.82) is 0 Å². The molecule has 1 aliphatic rings. The highest BCUT2D eigenvalue weighted by Crippen LogP contribution is 2.33. The molecular formula is C19H23ClN2O3. The molecule has 1 heterocycles. The second-order valence-corrected chi connectivity index (χ2v) is 6.46. The Labute approximate surface area is 153 Å². The number of piperazine rings is 1. The summed E-state index contributed by atoms with van der Waals surface area (Å²) in [6.45, 7) is 4.44. The van der Waals surface area contributed by atoms with Gasteiger partial charge in [-0.15, -0.1) is 0 Å². The largest absolute Gasteiger partial charge is 0.504 e. The Hall–Kier alpha value is -2.11. The van der Waals surface area contributed by atoms with Gasteiger partial charge in [0.25, 0.3) is 0 Å². The Kier molecular flexibility index (Phi) is 5.56. The maximum Gasteiger partial charge on any atom is 0.160 e. The number of phenols is 1. The van der Waals surface area contributed by atoms with Gasteiger partial charge >= 0.3 is 0 Å². The summed E-state index contributed by atoms with van der Waals surface area (Å²) in [5.41, 5.74) is 2.09. The van der Waals surface area contributed by atoms with E-state index in [9.17, 15) is 5.11 Å². The van der Waals surface area contributed by atoms with Crippen LogP contribution in [-0.4, -0.2) is 50.4 Å². The first-order valence-corrected chi connectivity index (χ1v) is 8.66. The molecule has 25 heavy (non-hydrogen) atoms. The first kappa shape index (κ1) is 17.7. The number of hydrogen-bond donors (Lipinski definition) is 1. The lowest BCUT2D eigenvalue weighted by Gasteiger charge is -2.36. The van der Waals surface area contributed by atoms with Crippen molar-refractivity contribution in [2.24, 2.45) is 0 Å². The number of phenolic OH excluding ortho intramolecular Hbond substituents is 1. The predicted molar refractivity (Wildman–Crippen MR) is 100 cm³/mol. The zero-order valence-corrected chi connectivity index (χ0v) is 15.3. The summed E-state index contributed by atoms with van der Waals surface area (Å²) < 4.78 is 10.6. The van der Waals surface area contributed by atoms with Crippen LogP contribution in [0.5, 0.6) is 17.2 Å². The van der Waals surface area contributed by atoms with E-state index in [-0.39, 0.29) is 5.75 Å². The standard InChI is InChI=1S/C19H23ClN2O3/c1-24-18-6-4-3-5-16(18)22-9-7-21(8-10-22)13-14-11-19(25-2)17(23)12-15(14)20/h3-6,11-12,23H,7-10,13H2,1-2H3. The lowest BCUT2D eigenvalue weighted by molar-refractivity contribution is 0.248. The van der Waals surface area contributed by atoms with Crippen molar-refractivity contribution in [3.63, 3.8) is 0 Å². The number of methoxy groups -OCH3 is 2. The molecule has 0 unspecified atom stereocenters. The van der Waals surface area contributed by atoms with Gasteiger partial charge in [0.15, 0.2) is 11.5 Å². The molecule has 1 N–H and O–H groups in total. The highest BCUT2D eigenvalue weighted by atomic mass is 35.5. The van der Waals surface area contributed by atoms with Crippen LogP contribution in [0, 0.1) is 0 Å². The number of anilines is 1. The van der Waals surface area contributed by atoms with Crippen molar-refractivity contribution >= 4 is 17.3 Å². The number of halogens is 1. The fourth-order valence-corrected chi connectivity index (χ4v) is 3.37. The van der Waals surface area contributed by atoms with Crippen LogP contribution in [0.25, 0.3) is 0 Å². The molecular weight excluding hydrogens is 340 g/mol. The Morgan fingerprint density at radius 3 is 2.36 bits per heavy atom. The number of rotatable bonds is 5. The van der Waals surface area contributed by atoms with E-state index < -0.39 is 0 Å². The van der Waals surface area contributed by atoms with Crippen molar-refractivity contribution in [1.82, 2.24) is 4.90 Å². The SMILES string of the molecule is COc1cc(CN2CCN(c3ccccc3OC)CC2)c(Cl)cc1O. The Balaban J connectivity index is 1.65. The van der Waals surface area contributed by atoms with Gasteiger partial charge in [0.2, 0.25) is 0 Å². The number of aromatic hydroxyl groups is 1. The topological polar surface area (TPSA) is 45.2 Å². The monoisotopic (exact) mass is 362 g/mol. The van der Waals surface area contributed by atoms with Crippen molar-refractivity contribution in [3.05, 3.63) is 47.0 Å². The molecule has 0 radical (unpaired) electrons. The van der Waals surface area contributed by atoms with Crippen molar-refractivity contribution < 1.29 is 14.6 Å². The van der Waals surface area contributed by atoms with Gasteiger partial charge in [0.05, 0.1) is 19.9 Å². The van der Waals surface area contributed by atoms with E-state index in [1.165, 1.54) is 0 Å². The fourth-order valence-electron chi connectivity index (χ4n) is 3.15. The highest BCUT2D eigenvalue weighted by molar-refractivity contribution is 6.31. The molecule has 0 aromatic heterocycles. The maximum absolute atomic E-state index is 9.79. The third-order valence-electron chi connectivity index (χ3n) is 4.54. The summed E-state index contributed by atoms with van der Waals surface area (Å²) in [7, 11) is 3.24. The first-order chi connectivity index (χ1) is 12.1. The molecule has 2 aromatic carbocycles. The molecule has 0 bridgehead atoms. The average molecular weight is 363 g/mol. The van der Waals surface area contributed by atoms with Crippen LogP contribution in [0.15, 0.2) is 36.4 Å². The van der Waals surface area contributed by atoms with E-state index in [2.05, 4.69) is 15.9 Å². The normalized spacial score (nSPS) is 15.2. The smallest absolute Gasteiger partial charge is 0.160 e. The molecule has 1 saturated heterocycles. The summed E-state index contributed by atoms with van der Waals surface area (Å²) >= 11 is 6.27. The van der Waals surface area contributed by atoms with Gasteiger partial charge in [-0.25, -0.2) is 0 Å².